The SMILES string of the molecule is CCN(c1cc(Cl)cc(C(=O)NCC(C(=O)NC(C)C)C(C)C)c1C)[C@H]1CC[C@H](N(C)C)CC1. The summed E-state index contributed by atoms with van der Waals surface area (Å²) >= 11 is 6.51. The van der Waals surface area contributed by atoms with Crippen molar-refractivity contribution >= 4 is 29.1 Å². The Bertz CT molecular complexity index is 832. The Morgan fingerprint density at radius 3 is 2.15 bits per heavy atom. The van der Waals surface area contributed by atoms with Gasteiger partial charge in [0.25, 0.3) is 5.91 Å². The Morgan fingerprint density at radius 2 is 1.65 bits per heavy atom. The van der Waals surface area contributed by atoms with Crippen molar-refractivity contribution in [2.24, 2.45) is 11.8 Å². The van der Waals surface area contributed by atoms with Gasteiger partial charge < -0.3 is 20.4 Å². The van der Waals surface area contributed by atoms with E-state index in [0.717, 1.165) is 30.6 Å². The first kappa shape index (κ1) is 28.4. The highest BCUT2D eigenvalue weighted by atomic mass is 35.5. The van der Waals surface area contributed by atoms with Crippen molar-refractivity contribution in [3.8, 4) is 0 Å². The van der Waals surface area contributed by atoms with Gasteiger partial charge in [0.05, 0.1) is 5.92 Å². The van der Waals surface area contributed by atoms with Crippen molar-refractivity contribution in [2.75, 3.05) is 32.1 Å². The molecule has 1 fully saturated rings. The maximum atomic E-state index is 13.2. The zero-order valence-electron chi connectivity index (χ0n) is 22.4. The Kier molecular flexibility index (Phi) is 10.7. The molecule has 0 radical (unpaired) electrons. The molecule has 1 unspecified atom stereocenters. The highest BCUT2D eigenvalue weighted by molar-refractivity contribution is 6.31. The fourth-order valence-electron chi connectivity index (χ4n) is 5.03. The predicted molar refractivity (Wildman–Crippen MR) is 143 cm³/mol. The third-order valence-corrected chi connectivity index (χ3v) is 7.35. The molecule has 1 aliphatic carbocycles. The van der Waals surface area contributed by atoms with E-state index in [9.17, 15) is 9.59 Å². The highest BCUT2D eigenvalue weighted by Gasteiger charge is 2.29. The first-order valence-electron chi connectivity index (χ1n) is 12.8. The maximum Gasteiger partial charge on any atom is 0.251 e. The van der Waals surface area contributed by atoms with Crippen molar-refractivity contribution < 1.29 is 9.59 Å². The summed E-state index contributed by atoms with van der Waals surface area (Å²) in [5.41, 5.74) is 2.55. The first-order chi connectivity index (χ1) is 16.0. The van der Waals surface area contributed by atoms with E-state index in [1.165, 1.54) is 12.8 Å². The molecule has 1 atom stereocenters. The normalized spacial score (nSPS) is 19.4. The Labute approximate surface area is 211 Å². The summed E-state index contributed by atoms with van der Waals surface area (Å²) in [7, 11) is 4.32. The number of carbonyl (C=O) groups excluding carboxylic acids is 2. The average molecular weight is 493 g/mol. The second-order valence-corrected chi connectivity index (χ2v) is 11.0. The number of nitrogens with zero attached hydrogens (tertiary/aromatic N) is 2. The number of nitrogens with one attached hydrogen (secondary N) is 2. The van der Waals surface area contributed by atoms with Crippen LogP contribution in [-0.2, 0) is 4.79 Å². The number of benzene rings is 1. The van der Waals surface area contributed by atoms with Crippen LogP contribution in [0.3, 0.4) is 0 Å². The van der Waals surface area contributed by atoms with E-state index < -0.39 is 0 Å². The number of hydrogen-bond acceptors (Lipinski definition) is 4. The number of carbonyl (C=O) groups is 2. The molecule has 0 spiro atoms. The zero-order valence-corrected chi connectivity index (χ0v) is 23.1. The van der Waals surface area contributed by atoms with Gasteiger partial charge in [-0.25, -0.2) is 0 Å². The summed E-state index contributed by atoms with van der Waals surface area (Å²) in [6.45, 7) is 13.2. The van der Waals surface area contributed by atoms with Gasteiger partial charge >= 0.3 is 0 Å². The quantitative estimate of drug-likeness (QED) is 0.489. The molecule has 192 valence electrons. The molecule has 2 rings (SSSR count). The summed E-state index contributed by atoms with van der Waals surface area (Å²) < 4.78 is 0. The number of halogens is 1. The standard InChI is InChI=1S/C27H45ClN4O2/c1-9-32(22-12-10-21(11-13-22)31(7)8)25-15-20(28)14-23(19(25)6)26(33)29-16-24(17(2)3)27(34)30-18(4)5/h14-15,17-18,21-22,24H,9-13,16H2,1-8H3,(H,29,33)(H,30,34)/t21-,22-,24?. The molecule has 7 heteroatoms. The van der Waals surface area contributed by atoms with Crippen molar-refractivity contribution in [1.29, 1.82) is 0 Å². The van der Waals surface area contributed by atoms with Gasteiger partial charge in [-0.05, 0) is 91.1 Å². The lowest BCUT2D eigenvalue weighted by molar-refractivity contribution is -0.126. The molecule has 0 aromatic heterocycles. The summed E-state index contributed by atoms with van der Waals surface area (Å²) in [6.07, 6.45) is 4.61. The molecule has 1 aromatic rings. The lowest BCUT2D eigenvalue weighted by Gasteiger charge is -2.40. The van der Waals surface area contributed by atoms with Gasteiger partial charge in [-0.15, -0.1) is 0 Å². The fraction of sp³-hybridized carbons (Fsp3) is 0.704. The van der Waals surface area contributed by atoms with E-state index in [4.69, 9.17) is 11.6 Å². The van der Waals surface area contributed by atoms with Crippen LogP contribution in [0.1, 0.15) is 76.2 Å². The predicted octanol–water partition coefficient (Wildman–Crippen LogP) is 4.87. The minimum atomic E-state index is -0.288. The minimum absolute atomic E-state index is 0.0284. The van der Waals surface area contributed by atoms with Gasteiger partial charge in [-0.3, -0.25) is 9.59 Å². The molecule has 0 aliphatic heterocycles. The molecule has 1 aromatic carbocycles. The van der Waals surface area contributed by atoms with Crippen LogP contribution in [0.15, 0.2) is 12.1 Å². The van der Waals surface area contributed by atoms with Crippen LogP contribution in [0.2, 0.25) is 5.02 Å². The van der Waals surface area contributed by atoms with E-state index in [1.54, 1.807) is 6.07 Å². The van der Waals surface area contributed by atoms with Gasteiger partial charge in [-0.1, -0.05) is 25.4 Å². The van der Waals surface area contributed by atoms with E-state index in [0.29, 0.717) is 29.2 Å². The highest BCUT2D eigenvalue weighted by Crippen LogP contribution is 2.34. The van der Waals surface area contributed by atoms with Crippen molar-refractivity contribution in [3.05, 3.63) is 28.3 Å². The molecule has 0 saturated heterocycles. The van der Waals surface area contributed by atoms with E-state index in [1.807, 2.05) is 40.7 Å². The molecular formula is C27H45ClN4O2. The molecule has 1 aliphatic rings. The molecule has 0 bridgehead atoms. The second kappa shape index (κ2) is 12.8. The molecule has 2 N–H and O–H groups in total. The molecule has 34 heavy (non-hydrogen) atoms. The number of rotatable bonds is 10. The van der Waals surface area contributed by atoms with Crippen LogP contribution in [0.25, 0.3) is 0 Å². The minimum Gasteiger partial charge on any atom is -0.369 e. The van der Waals surface area contributed by atoms with Crippen LogP contribution in [0, 0.1) is 18.8 Å². The lowest BCUT2D eigenvalue weighted by Crippen LogP contribution is -2.44. The Hall–Kier alpha value is -1.79. The number of anilines is 1. The van der Waals surface area contributed by atoms with Gasteiger partial charge in [-0.2, -0.15) is 0 Å². The second-order valence-electron chi connectivity index (χ2n) is 10.5. The Balaban J connectivity index is 2.20. The summed E-state index contributed by atoms with van der Waals surface area (Å²) in [5, 5.41) is 6.53. The summed E-state index contributed by atoms with van der Waals surface area (Å²) in [4.78, 5) is 30.6. The maximum absolute atomic E-state index is 13.2. The molecule has 2 amide bonds. The van der Waals surface area contributed by atoms with Crippen LogP contribution in [0.5, 0.6) is 0 Å². The third-order valence-electron chi connectivity index (χ3n) is 7.13. The first-order valence-corrected chi connectivity index (χ1v) is 13.2. The molecule has 6 nitrogen and oxygen atoms in total. The Morgan fingerprint density at radius 1 is 1.06 bits per heavy atom. The fourth-order valence-corrected chi connectivity index (χ4v) is 5.24. The lowest BCUT2D eigenvalue weighted by atomic mass is 9.88. The zero-order chi connectivity index (χ0) is 25.6. The number of hydrogen-bond donors (Lipinski definition) is 2. The molecule has 0 heterocycles. The average Bonchev–Trinajstić information content (AvgIpc) is 2.75. The van der Waals surface area contributed by atoms with E-state index in [-0.39, 0.29) is 29.7 Å². The van der Waals surface area contributed by atoms with Crippen molar-refractivity contribution in [1.82, 2.24) is 15.5 Å². The van der Waals surface area contributed by atoms with Gasteiger partial charge in [0.1, 0.15) is 0 Å². The van der Waals surface area contributed by atoms with Crippen molar-refractivity contribution in [2.45, 2.75) is 85.4 Å². The van der Waals surface area contributed by atoms with Crippen LogP contribution < -0.4 is 15.5 Å². The summed E-state index contributed by atoms with van der Waals surface area (Å²) in [5.74, 6) is -0.386. The topological polar surface area (TPSA) is 64.7 Å². The largest absolute Gasteiger partial charge is 0.369 e. The van der Waals surface area contributed by atoms with E-state index in [2.05, 4.69) is 41.5 Å². The van der Waals surface area contributed by atoms with Crippen molar-refractivity contribution in [3.63, 3.8) is 0 Å². The molecular weight excluding hydrogens is 448 g/mol. The van der Waals surface area contributed by atoms with Crippen LogP contribution in [0.4, 0.5) is 5.69 Å². The number of amides is 2. The van der Waals surface area contributed by atoms with Gasteiger partial charge in [0.15, 0.2) is 0 Å². The van der Waals surface area contributed by atoms with Gasteiger partial charge in [0, 0.05) is 47.5 Å². The van der Waals surface area contributed by atoms with Crippen LogP contribution >= 0.6 is 11.6 Å². The van der Waals surface area contributed by atoms with Crippen LogP contribution in [-0.4, -0.2) is 62.0 Å². The third kappa shape index (κ3) is 7.35. The van der Waals surface area contributed by atoms with Gasteiger partial charge in [0.2, 0.25) is 5.91 Å². The smallest absolute Gasteiger partial charge is 0.251 e. The molecule has 1 saturated carbocycles. The summed E-state index contributed by atoms with van der Waals surface area (Å²) in [6, 6.07) is 4.88. The van der Waals surface area contributed by atoms with E-state index >= 15 is 0 Å². The monoisotopic (exact) mass is 492 g/mol.